The Labute approximate surface area is 160 Å². The molecule has 1 aromatic carbocycles. The Bertz CT molecular complexity index is 652. The molecular weight excluding hydrogens is 352 g/mol. The van der Waals surface area contributed by atoms with Crippen molar-refractivity contribution in [3.05, 3.63) is 23.2 Å². The van der Waals surface area contributed by atoms with Crippen LogP contribution in [0, 0.1) is 11.8 Å². The molecule has 3 rings (SSSR count). The number of para-hydroxylation sites is 1. The maximum Gasteiger partial charge on any atom is 0.227 e. The number of benzene rings is 1. The van der Waals surface area contributed by atoms with Gasteiger partial charge in [-0.2, -0.15) is 0 Å². The second kappa shape index (κ2) is 8.76. The summed E-state index contributed by atoms with van der Waals surface area (Å²) in [6, 6.07) is 5.37. The van der Waals surface area contributed by atoms with Gasteiger partial charge in [-0.1, -0.05) is 31.0 Å². The van der Waals surface area contributed by atoms with Crippen molar-refractivity contribution in [2.24, 2.45) is 11.8 Å². The first-order valence-electron chi connectivity index (χ1n) is 9.61. The van der Waals surface area contributed by atoms with Gasteiger partial charge < -0.3 is 15.0 Å². The van der Waals surface area contributed by atoms with Gasteiger partial charge in [0.15, 0.2) is 5.75 Å². The Hall–Kier alpha value is -1.75. The smallest absolute Gasteiger partial charge is 0.227 e. The first-order valence-corrected chi connectivity index (χ1v) is 9.99. The van der Waals surface area contributed by atoms with Gasteiger partial charge in [0.25, 0.3) is 0 Å². The first-order chi connectivity index (χ1) is 12.6. The predicted molar refractivity (Wildman–Crippen MR) is 103 cm³/mol. The lowest BCUT2D eigenvalue weighted by Gasteiger charge is -2.36. The normalized spacial score (nSPS) is 18.3. The van der Waals surface area contributed by atoms with E-state index in [1.54, 1.807) is 12.1 Å². The minimum absolute atomic E-state index is 0.0237. The number of likely N-dealkylation sites (tertiary alicyclic amines) is 1. The SMILES string of the molecule is CCCOc1c(Cl)cccc1NC(=O)C1CCN(C(=O)C2CCC2)CC1. The van der Waals surface area contributed by atoms with E-state index >= 15 is 0 Å². The minimum atomic E-state index is -0.0848. The fraction of sp³-hybridized carbons (Fsp3) is 0.600. The van der Waals surface area contributed by atoms with Crippen molar-refractivity contribution in [1.29, 1.82) is 0 Å². The number of amides is 2. The molecule has 0 bridgehead atoms. The van der Waals surface area contributed by atoms with E-state index in [9.17, 15) is 9.59 Å². The topological polar surface area (TPSA) is 58.6 Å². The molecule has 1 aromatic rings. The molecule has 2 amide bonds. The number of hydrogen-bond acceptors (Lipinski definition) is 3. The Morgan fingerprint density at radius 2 is 1.92 bits per heavy atom. The van der Waals surface area contributed by atoms with Gasteiger partial charge in [-0.25, -0.2) is 0 Å². The number of halogens is 1. The molecule has 1 aliphatic carbocycles. The number of anilines is 1. The molecule has 2 fully saturated rings. The molecule has 5 nitrogen and oxygen atoms in total. The molecule has 0 atom stereocenters. The van der Waals surface area contributed by atoms with Gasteiger partial charge in [-0.3, -0.25) is 9.59 Å². The molecule has 6 heteroatoms. The molecule has 26 heavy (non-hydrogen) atoms. The average molecular weight is 379 g/mol. The largest absolute Gasteiger partial charge is 0.490 e. The summed E-state index contributed by atoms with van der Waals surface area (Å²) in [5.74, 6) is 0.926. The quantitative estimate of drug-likeness (QED) is 0.810. The zero-order valence-electron chi connectivity index (χ0n) is 15.3. The van der Waals surface area contributed by atoms with Crippen LogP contribution in [0.2, 0.25) is 5.02 Å². The van der Waals surface area contributed by atoms with Crippen LogP contribution in [0.25, 0.3) is 0 Å². The first kappa shape index (κ1) is 19.0. The highest BCUT2D eigenvalue weighted by Gasteiger charge is 2.33. The van der Waals surface area contributed by atoms with Gasteiger partial charge in [0.1, 0.15) is 0 Å². The zero-order valence-corrected chi connectivity index (χ0v) is 16.1. The van der Waals surface area contributed by atoms with Crippen LogP contribution in [0.5, 0.6) is 5.75 Å². The molecule has 0 radical (unpaired) electrons. The van der Waals surface area contributed by atoms with Gasteiger partial charge in [-0.05, 0) is 44.2 Å². The lowest BCUT2D eigenvalue weighted by Crippen LogP contribution is -2.45. The highest BCUT2D eigenvalue weighted by molar-refractivity contribution is 6.32. The maximum atomic E-state index is 12.7. The summed E-state index contributed by atoms with van der Waals surface area (Å²) < 4.78 is 5.70. The predicted octanol–water partition coefficient (Wildman–Crippen LogP) is 4.11. The highest BCUT2D eigenvalue weighted by atomic mass is 35.5. The van der Waals surface area contributed by atoms with E-state index < -0.39 is 0 Å². The third-order valence-corrected chi connectivity index (χ3v) is 5.60. The van der Waals surface area contributed by atoms with E-state index in [-0.39, 0.29) is 23.7 Å². The average Bonchev–Trinajstić information content (AvgIpc) is 2.60. The van der Waals surface area contributed by atoms with Gasteiger partial charge in [0.2, 0.25) is 11.8 Å². The fourth-order valence-electron chi connectivity index (χ4n) is 3.47. The number of ether oxygens (including phenoxy) is 1. The Morgan fingerprint density at radius 3 is 2.54 bits per heavy atom. The van der Waals surface area contributed by atoms with E-state index in [0.29, 0.717) is 49.0 Å². The second-order valence-corrected chi connectivity index (χ2v) is 7.59. The van der Waals surface area contributed by atoms with Crippen LogP contribution in [-0.2, 0) is 9.59 Å². The van der Waals surface area contributed by atoms with Gasteiger partial charge in [0.05, 0.1) is 17.3 Å². The molecule has 1 saturated carbocycles. The van der Waals surface area contributed by atoms with E-state index in [2.05, 4.69) is 5.32 Å². The lowest BCUT2D eigenvalue weighted by atomic mass is 9.83. The van der Waals surface area contributed by atoms with Crippen LogP contribution in [-0.4, -0.2) is 36.4 Å². The third-order valence-electron chi connectivity index (χ3n) is 5.31. The van der Waals surface area contributed by atoms with Gasteiger partial charge in [0, 0.05) is 24.9 Å². The summed E-state index contributed by atoms with van der Waals surface area (Å²) in [4.78, 5) is 26.9. The molecule has 1 heterocycles. The summed E-state index contributed by atoms with van der Waals surface area (Å²) in [5.41, 5.74) is 0.615. The van der Waals surface area contributed by atoms with E-state index in [4.69, 9.17) is 16.3 Å². The molecule has 2 aliphatic rings. The van der Waals surface area contributed by atoms with Crippen LogP contribution in [0.3, 0.4) is 0 Å². The van der Waals surface area contributed by atoms with Crippen molar-refractivity contribution < 1.29 is 14.3 Å². The summed E-state index contributed by atoms with van der Waals surface area (Å²) in [5, 5.41) is 3.46. The number of rotatable bonds is 6. The van der Waals surface area contributed by atoms with Crippen molar-refractivity contribution in [2.45, 2.75) is 45.4 Å². The molecule has 0 aromatic heterocycles. The molecular formula is C20H27ClN2O3. The Balaban J connectivity index is 1.56. The Morgan fingerprint density at radius 1 is 1.19 bits per heavy atom. The van der Waals surface area contributed by atoms with Crippen LogP contribution in [0.1, 0.15) is 45.4 Å². The van der Waals surface area contributed by atoms with Crippen molar-refractivity contribution in [3.63, 3.8) is 0 Å². The van der Waals surface area contributed by atoms with Gasteiger partial charge in [-0.15, -0.1) is 0 Å². The number of nitrogens with zero attached hydrogens (tertiary/aromatic N) is 1. The molecule has 1 N–H and O–H groups in total. The van der Waals surface area contributed by atoms with E-state index in [1.807, 2.05) is 17.9 Å². The van der Waals surface area contributed by atoms with Gasteiger partial charge >= 0.3 is 0 Å². The fourth-order valence-corrected chi connectivity index (χ4v) is 3.70. The molecule has 1 saturated heterocycles. The number of hydrogen-bond donors (Lipinski definition) is 1. The number of carbonyl (C=O) groups excluding carboxylic acids is 2. The van der Waals surface area contributed by atoms with E-state index in [0.717, 1.165) is 25.7 Å². The van der Waals surface area contributed by atoms with Crippen LogP contribution >= 0.6 is 11.6 Å². The summed E-state index contributed by atoms with van der Waals surface area (Å²) in [7, 11) is 0. The number of piperidine rings is 1. The second-order valence-electron chi connectivity index (χ2n) is 7.18. The van der Waals surface area contributed by atoms with Crippen molar-refractivity contribution >= 4 is 29.1 Å². The minimum Gasteiger partial charge on any atom is -0.490 e. The van der Waals surface area contributed by atoms with E-state index in [1.165, 1.54) is 0 Å². The third kappa shape index (κ3) is 4.32. The zero-order chi connectivity index (χ0) is 18.5. The van der Waals surface area contributed by atoms with Crippen molar-refractivity contribution in [1.82, 2.24) is 4.90 Å². The molecule has 0 unspecified atom stereocenters. The highest BCUT2D eigenvalue weighted by Crippen LogP contribution is 2.34. The monoisotopic (exact) mass is 378 g/mol. The number of nitrogens with one attached hydrogen (secondary N) is 1. The van der Waals surface area contributed by atoms with Crippen LogP contribution in [0.15, 0.2) is 18.2 Å². The van der Waals surface area contributed by atoms with Crippen molar-refractivity contribution in [3.8, 4) is 5.75 Å². The van der Waals surface area contributed by atoms with Crippen LogP contribution < -0.4 is 10.1 Å². The maximum absolute atomic E-state index is 12.7. The summed E-state index contributed by atoms with van der Waals surface area (Å²) >= 11 is 6.22. The number of carbonyl (C=O) groups is 2. The standard InChI is InChI=1S/C20H27ClN2O3/c1-2-13-26-18-16(21)7-4-8-17(18)22-19(24)14-9-11-23(12-10-14)20(25)15-5-3-6-15/h4,7-8,14-15H,2-3,5-6,9-13H2,1H3,(H,22,24). The molecule has 1 aliphatic heterocycles. The molecule has 142 valence electrons. The summed E-state index contributed by atoms with van der Waals surface area (Å²) in [6.45, 7) is 3.91. The van der Waals surface area contributed by atoms with Crippen LogP contribution in [0.4, 0.5) is 5.69 Å². The lowest BCUT2D eigenvalue weighted by molar-refractivity contribution is -0.140. The van der Waals surface area contributed by atoms with Crippen molar-refractivity contribution in [2.75, 3.05) is 25.0 Å². The Kier molecular flexibility index (Phi) is 6.41. The molecule has 0 spiro atoms. The summed E-state index contributed by atoms with van der Waals surface area (Å²) in [6.07, 6.45) is 5.48.